The zero-order chi connectivity index (χ0) is 23.3. The van der Waals surface area contributed by atoms with Crippen molar-refractivity contribution in [2.24, 2.45) is 46.3 Å². The molecule has 4 fully saturated rings. The fraction of sp³-hybridized carbons (Fsp3) is 0.926. The summed E-state index contributed by atoms with van der Waals surface area (Å²) >= 11 is 0. The van der Waals surface area contributed by atoms with Crippen LogP contribution in [-0.2, 0) is 19.1 Å². The first-order valence-corrected chi connectivity index (χ1v) is 13.0. The van der Waals surface area contributed by atoms with E-state index in [1.807, 2.05) is 0 Å². The van der Waals surface area contributed by atoms with Gasteiger partial charge in [0.25, 0.3) is 0 Å². The van der Waals surface area contributed by atoms with Gasteiger partial charge < -0.3 is 14.6 Å². The molecule has 1 N–H and O–H groups in total. The number of methoxy groups -OCH3 is 1. The average molecular weight is 449 g/mol. The molecule has 0 amide bonds. The Labute approximate surface area is 194 Å². The number of carbonyl (C=O) groups is 2. The van der Waals surface area contributed by atoms with Gasteiger partial charge in [-0.1, -0.05) is 20.8 Å². The van der Waals surface area contributed by atoms with E-state index in [0.717, 1.165) is 38.5 Å². The highest BCUT2D eigenvalue weighted by atomic mass is 16.5. The summed E-state index contributed by atoms with van der Waals surface area (Å²) in [6.45, 7) is 8.67. The number of esters is 2. The van der Waals surface area contributed by atoms with Crippen molar-refractivity contribution in [3.8, 4) is 0 Å². The highest BCUT2D eigenvalue weighted by Gasteiger charge is 2.64. The highest BCUT2D eigenvalue weighted by molar-refractivity contribution is 5.69. The molecule has 182 valence electrons. The summed E-state index contributed by atoms with van der Waals surface area (Å²) < 4.78 is 10.8. The Morgan fingerprint density at radius 1 is 1.06 bits per heavy atom. The van der Waals surface area contributed by atoms with Crippen molar-refractivity contribution in [3.63, 3.8) is 0 Å². The molecule has 1 unspecified atom stereocenters. The second kappa shape index (κ2) is 8.92. The number of aliphatic hydroxyl groups excluding tert-OH is 1. The second-order valence-electron chi connectivity index (χ2n) is 12.0. The van der Waals surface area contributed by atoms with Gasteiger partial charge in [0.15, 0.2) is 0 Å². The number of hydrogen-bond donors (Lipinski definition) is 1. The molecule has 0 bridgehead atoms. The first-order valence-electron chi connectivity index (χ1n) is 13.0. The van der Waals surface area contributed by atoms with Crippen LogP contribution in [-0.4, -0.2) is 36.4 Å². The van der Waals surface area contributed by atoms with Crippen molar-refractivity contribution in [1.82, 2.24) is 0 Å². The zero-order valence-electron chi connectivity index (χ0n) is 20.8. The Morgan fingerprint density at radius 2 is 1.81 bits per heavy atom. The minimum atomic E-state index is -0.294. The van der Waals surface area contributed by atoms with Gasteiger partial charge in [-0.2, -0.15) is 0 Å². The lowest BCUT2D eigenvalue weighted by Gasteiger charge is -2.63. The maximum Gasteiger partial charge on any atom is 0.305 e. The second-order valence-corrected chi connectivity index (χ2v) is 12.0. The van der Waals surface area contributed by atoms with E-state index in [1.165, 1.54) is 33.3 Å². The molecule has 0 aromatic rings. The molecule has 0 radical (unpaired) electrons. The van der Waals surface area contributed by atoms with Crippen molar-refractivity contribution in [1.29, 1.82) is 0 Å². The fourth-order valence-corrected chi connectivity index (χ4v) is 9.35. The molecular formula is C27H44O5. The molecule has 0 aromatic heterocycles. The van der Waals surface area contributed by atoms with Gasteiger partial charge in [0.05, 0.1) is 13.2 Å². The molecule has 0 spiro atoms. The van der Waals surface area contributed by atoms with Crippen LogP contribution in [0.15, 0.2) is 0 Å². The predicted molar refractivity (Wildman–Crippen MR) is 123 cm³/mol. The molecule has 10 atom stereocenters. The zero-order valence-corrected chi connectivity index (χ0v) is 20.8. The average Bonchev–Trinajstić information content (AvgIpc) is 3.10. The normalized spacial score (nSPS) is 46.4. The van der Waals surface area contributed by atoms with E-state index in [0.29, 0.717) is 36.0 Å². The number of rotatable bonds is 5. The van der Waals surface area contributed by atoms with Gasteiger partial charge in [-0.15, -0.1) is 0 Å². The summed E-state index contributed by atoms with van der Waals surface area (Å²) in [5.41, 5.74) is 0.146. The quantitative estimate of drug-likeness (QED) is 0.590. The van der Waals surface area contributed by atoms with Crippen LogP contribution in [0.25, 0.3) is 0 Å². The topological polar surface area (TPSA) is 72.8 Å². The molecule has 32 heavy (non-hydrogen) atoms. The van der Waals surface area contributed by atoms with E-state index in [-0.39, 0.29) is 40.9 Å². The van der Waals surface area contributed by atoms with E-state index in [1.54, 1.807) is 0 Å². The maximum absolute atomic E-state index is 11.9. The lowest BCUT2D eigenvalue weighted by molar-refractivity contribution is -0.212. The summed E-state index contributed by atoms with van der Waals surface area (Å²) in [4.78, 5) is 23.6. The van der Waals surface area contributed by atoms with E-state index in [2.05, 4.69) is 20.8 Å². The third-order valence-corrected chi connectivity index (χ3v) is 10.8. The van der Waals surface area contributed by atoms with E-state index in [9.17, 15) is 14.7 Å². The van der Waals surface area contributed by atoms with Crippen molar-refractivity contribution < 1.29 is 24.2 Å². The summed E-state index contributed by atoms with van der Waals surface area (Å²) in [5, 5.41) is 11.3. The van der Waals surface area contributed by atoms with Gasteiger partial charge in [-0.3, -0.25) is 9.59 Å². The van der Waals surface area contributed by atoms with Crippen molar-refractivity contribution in [2.75, 3.05) is 7.11 Å². The van der Waals surface area contributed by atoms with Gasteiger partial charge in [0.2, 0.25) is 0 Å². The predicted octanol–water partition coefficient (Wildman–Crippen LogP) is 5.14. The summed E-state index contributed by atoms with van der Waals surface area (Å²) in [6, 6.07) is 0. The molecule has 4 rings (SSSR count). The molecule has 4 aliphatic rings. The largest absolute Gasteiger partial charge is 0.469 e. The van der Waals surface area contributed by atoms with Crippen molar-refractivity contribution in [3.05, 3.63) is 0 Å². The minimum absolute atomic E-state index is 0.0678. The molecule has 5 heteroatoms. The van der Waals surface area contributed by atoms with Crippen LogP contribution in [0.1, 0.15) is 91.9 Å². The number of carbonyl (C=O) groups excluding carboxylic acids is 2. The summed E-state index contributed by atoms with van der Waals surface area (Å²) in [7, 11) is 1.47. The van der Waals surface area contributed by atoms with Crippen LogP contribution in [0.4, 0.5) is 0 Å². The molecule has 0 saturated heterocycles. The number of aliphatic hydroxyl groups is 1. The van der Waals surface area contributed by atoms with Gasteiger partial charge in [-0.05, 0) is 98.7 Å². The van der Waals surface area contributed by atoms with Crippen molar-refractivity contribution in [2.45, 2.75) is 104 Å². The minimum Gasteiger partial charge on any atom is -0.469 e. The number of fused-ring (bicyclic) bond motifs is 5. The molecule has 5 nitrogen and oxygen atoms in total. The monoisotopic (exact) mass is 448 g/mol. The van der Waals surface area contributed by atoms with Gasteiger partial charge in [-0.25, -0.2) is 0 Å². The van der Waals surface area contributed by atoms with Crippen LogP contribution >= 0.6 is 0 Å². The Bertz CT molecular complexity index is 721. The first-order chi connectivity index (χ1) is 15.1. The van der Waals surface area contributed by atoms with Gasteiger partial charge in [0.1, 0.15) is 6.10 Å². The van der Waals surface area contributed by atoms with E-state index < -0.39 is 0 Å². The van der Waals surface area contributed by atoms with Crippen LogP contribution in [0.5, 0.6) is 0 Å². The van der Waals surface area contributed by atoms with E-state index >= 15 is 0 Å². The van der Waals surface area contributed by atoms with Crippen LogP contribution in [0, 0.1) is 46.3 Å². The molecule has 0 heterocycles. The van der Waals surface area contributed by atoms with E-state index in [4.69, 9.17) is 9.47 Å². The summed E-state index contributed by atoms with van der Waals surface area (Å²) in [6.07, 6.45) is 9.76. The molecule has 0 aromatic carbocycles. The smallest absolute Gasteiger partial charge is 0.305 e. The molecular weight excluding hydrogens is 404 g/mol. The number of hydrogen-bond acceptors (Lipinski definition) is 5. The molecule has 4 aliphatic carbocycles. The fourth-order valence-electron chi connectivity index (χ4n) is 9.35. The third-order valence-electron chi connectivity index (χ3n) is 10.8. The van der Waals surface area contributed by atoms with Crippen LogP contribution in [0.3, 0.4) is 0 Å². The molecule has 0 aliphatic heterocycles. The van der Waals surface area contributed by atoms with Crippen molar-refractivity contribution >= 4 is 11.9 Å². The standard InChI is InChI=1S/C27H44O5/c1-16(9-12-25(30)31-5)19-10-11-20-18-15-23(29)22-7-6-8-24(32-17(2)28)27(22,4)21(18)13-14-26(19,20)3/h16,18-24,29H,6-15H2,1-5H3/t16-,18+,19-,20+,21+,22+,23+,24?,26-,27-/m1/s1. The lowest BCUT2D eigenvalue weighted by atomic mass is 9.43. The SMILES string of the molecule is COC(=O)CC[C@@H](C)[C@H]1CC[C@H]2[C@@H]3C[C@H](O)[C@@H]4CCCC(OC(C)=O)[C@]4(C)[C@H]3CC[C@]12C. The Kier molecular flexibility index (Phi) is 6.70. The maximum atomic E-state index is 11.9. The van der Waals surface area contributed by atoms with Crippen LogP contribution in [0.2, 0.25) is 0 Å². The van der Waals surface area contributed by atoms with Gasteiger partial charge >= 0.3 is 11.9 Å². The third kappa shape index (κ3) is 3.80. The first kappa shape index (κ1) is 24.0. The Morgan fingerprint density at radius 3 is 2.50 bits per heavy atom. The Balaban J connectivity index is 1.57. The summed E-state index contributed by atoms with van der Waals surface area (Å²) in [5.74, 6) is 2.69. The Hall–Kier alpha value is -1.10. The van der Waals surface area contributed by atoms with Crippen LogP contribution < -0.4 is 0 Å². The lowest BCUT2D eigenvalue weighted by Crippen LogP contribution is -2.62. The molecule has 4 saturated carbocycles. The number of ether oxygens (including phenoxy) is 2. The van der Waals surface area contributed by atoms with Gasteiger partial charge in [0, 0.05) is 18.8 Å². The highest BCUT2D eigenvalue weighted by Crippen LogP contribution is 2.68.